The van der Waals surface area contributed by atoms with Crippen molar-refractivity contribution in [2.75, 3.05) is 13.6 Å². The van der Waals surface area contributed by atoms with Crippen molar-refractivity contribution in [3.63, 3.8) is 0 Å². The monoisotopic (exact) mass is 143 g/mol. The predicted octanol–water partition coefficient (Wildman–Crippen LogP) is -0.0676. The van der Waals surface area contributed by atoms with Gasteiger partial charge in [0.2, 0.25) is 0 Å². The SMILES string of the molecule is C[C@H]1C[C@H](NN)CCN1C. The van der Waals surface area contributed by atoms with Crippen LogP contribution in [0.15, 0.2) is 0 Å². The summed E-state index contributed by atoms with van der Waals surface area (Å²) in [4.78, 5) is 2.37. The minimum Gasteiger partial charge on any atom is -0.304 e. The van der Waals surface area contributed by atoms with E-state index in [4.69, 9.17) is 5.84 Å². The molecule has 0 radical (unpaired) electrons. The van der Waals surface area contributed by atoms with Gasteiger partial charge in [-0.2, -0.15) is 0 Å². The Morgan fingerprint density at radius 3 is 2.80 bits per heavy atom. The van der Waals surface area contributed by atoms with E-state index in [2.05, 4.69) is 24.3 Å². The summed E-state index contributed by atoms with van der Waals surface area (Å²) in [6.45, 7) is 3.40. The molecule has 1 fully saturated rings. The van der Waals surface area contributed by atoms with Crippen molar-refractivity contribution in [1.82, 2.24) is 10.3 Å². The Balaban J connectivity index is 2.33. The first-order chi connectivity index (χ1) is 4.74. The summed E-state index contributed by atoms with van der Waals surface area (Å²) in [5.74, 6) is 5.34. The Morgan fingerprint density at radius 1 is 1.60 bits per heavy atom. The number of piperidine rings is 1. The minimum absolute atomic E-state index is 0.534. The standard InChI is InChI=1S/C7H17N3/c1-6-5-7(9-8)3-4-10(6)2/h6-7,9H,3-5,8H2,1-2H3/t6-,7+/m0/s1. The van der Waals surface area contributed by atoms with Gasteiger partial charge in [-0.15, -0.1) is 0 Å². The summed E-state index contributed by atoms with van der Waals surface area (Å²) in [6, 6.07) is 1.21. The van der Waals surface area contributed by atoms with Crippen LogP contribution >= 0.6 is 0 Å². The van der Waals surface area contributed by atoms with E-state index in [1.54, 1.807) is 0 Å². The lowest BCUT2D eigenvalue weighted by Gasteiger charge is -2.34. The van der Waals surface area contributed by atoms with Gasteiger partial charge in [-0.25, -0.2) is 0 Å². The zero-order valence-corrected chi connectivity index (χ0v) is 6.80. The molecular formula is C7H17N3. The largest absolute Gasteiger partial charge is 0.304 e. The number of hydrazine groups is 1. The van der Waals surface area contributed by atoms with Crippen molar-refractivity contribution in [1.29, 1.82) is 0 Å². The molecule has 1 aliphatic rings. The number of nitrogens with two attached hydrogens (primary N) is 1. The van der Waals surface area contributed by atoms with Crippen molar-refractivity contribution in [2.24, 2.45) is 5.84 Å². The first-order valence-corrected chi connectivity index (χ1v) is 3.90. The van der Waals surface area contributed by atoms with Gasteiger partial charge in [0, 0.05) is 12.1 Å². The summed E-state index contributed by atoms with van der Waals surface area (Å²) < 4.78 is 0. The second-order valence-electron chi connectivity index (χ2n) is 3.22. The van der Waals surface area contributed by atoms with Crippen molar-refractivity contribution in [2.45, 2.75) is 31.8 Å². The molecule has 0 unspecified atom stereocenters. The zero-order valence-electron chi connectivity index (χ0n) is 6.80. The van der Waals surface area contributed by atoms with Gasteiger partial charge >= 0.3 is 0 Å². The average Bonchev–Trinajstić information content (AvgIpc) is 1.95. The van der Waals surface area contributed by atoms with Crippen LogP contribution in [0, 0.1) is 0 Å². The molecule has 0 aromatic carbocycles. The van der Waals surface area contributed by atoms with Crippen molar-refractivity contribution >= 4 is 0 Å². The molecule has 1 heterocycles. The molecular weight excluding hydrogens is 126 g/mol. The number of rotatable bonds is 1. The smallest absolute Gasteiger partial charge is 0.0237 e. The highest BCUT2D eigenvalue weighted by Crippen LogP contribution is 2.13. The molecule has 0 aromatic heterocycles. The summed E-state index contributed by atoms with van der Waals surface area (Å²) in [6.07, 6.45) is 2.35. The van der Waals surface area contributed by atoms with E-state index in [0.717, 1.165) is 6.54 Å². The fraction of sp³-hybridized carbons (Fsp3) is 1.00. The van der Waals surface area contributed by atoms with Crippen LogP contribution in [0.3, 0.4) is 0 Å². The van der Waals surface area contributed by atoms with E-state index in [1.807, 2.05) is 0 Å². The number of hydrogen-bond donors (Lipinski definition) is 2. The topological polar surface area (TPSA) is 41.3 Å². The number of likely N-dealkylation sites (tertiary alicyclic amines) is 1. The highest BCUT2D eigenvalue weighted by molar-refractivity contribution is 4.79. The molecule has 0 amide bonds. The van der Waals surface area contributed by atoms with E-state index < -0.39 is 0 Å². The van der Waals surface area contributed by atoms with Crippen LogP contribution < -0.4 is 11.3 Å². The van der Waals surface area contributed by atoms with Gasteiger partial charge in [0.15, 0.2) is 0 Å². The summed E-state index contributed by atoms with van der Waals surface area (Å²) in [5.41, 5.74) is 2.83. The molecule has 0 bridgehead atoms. The number of nitrogens with one attached hydrogen (secondary N) is 1. The summed E-state index contributed by atoms with van der Waals surface area (Å²) >= 11 is 0. The van der Waals surface area contributed by atoms with Crippen LogP contribution in [0.2, 0.25) is 0 Å². The van der Waals surface area contributed by atoms with E-state index in [-0.39, 0.29) is 0 Å². The fourth-order valence-corrected chi connectivity index (χ4v) is 1.44. The van der Waals surface area contributed by atoms with Crippen LogP contribution in [0.25, 0.3) is 0 Å². The van der Waals surface area contributed by atoms with Crippen LogP contribution in [0.1, 0.15) is 19.8 Å². The minimum atomic E-state index is 0.534. The maximum absolute atomic E-state index is 5.34. The van der Waals surface area contributed by atoms with Gasteiger partial charge in [0.05, 0.1) is 0 Å². The first kappa shape index (κ1) is 7.98. The average molecular weight is 143 g/mol. The molecule has 3 N–H and O–H groups in total. The lowest BCUT2D eigenvalue weighted by atomic mass is 10.00. The molecule has 3 heteroatoms. The lowest BCUT2D eigenvalue weighted by molar-refractivity contribution is 0.169. The highest BCUT2D eigenvalue weighted by Gasteiger charge is 2.20. The Bertz CT molecular complexity index is 105. The molecule has 0 spiro atoms. The molecule has 0 saturated carbocycles. The Hall–Kier alpha value is -0.120. The van der Waals surface area contributed by atoms with Gasteiger partial charge in [-0.05, 0) is 33.4 Å². The van der Waals surface area contributed by atoms with E-state index >= 15 is 0 Å². The molecule has 2 atom stereocenters. The Labute approximate surface area is 62.5 Å². The first-order valence-electron chi connectivity index (χ1n) is 3.90. The fourth-order valence-electron chi connectivity index (χ4n) is 1.44. The van der Waals surface area contributed by atoms with Gasteiger partial charge in [-0.3, -0.25) is 11.3 Å². The summed E-state index contributed by atoms with van der Waals surface area (Å²) in [7, 11) is 2.16. The maximum Gasteiger partial charge on any atom is 0.0237 e. The third-order valence-corrected chi connectivity index (χ3v) is 2.44. The Morgan fingerprint density at radius 2 is 2.30 bits per heavy atom. The second-order valence-corrected chi connectivity index (χ2v) is 3.22. The van der Waals surface area contributed by atoms with Gasteiger partial charge in [0.25, 0.3) is 0 Å². The molecule has 1 rings (SSSR count). The zero-order chi connectivity index (χ0) is 7.56. The van der Waals surface area contributed by atoms with Crippen LogP contribution in [-0.2, 0) is 0 Å². The maximum atomic E-state index is 5.34. The lowest BCUT2D eigenvalue weighted by Crippen LogP contribution is -2.47. The quantitative estimate of drug-likeness (QED) is 0.399. The van der Waals surface area contributed by atoms with Gasteiger partial charge in [-0.1, -0.05) is 0 Å². The molecule has 0 aliphatic carbocycles. The van der Waals surface area contributed by atoms with Crippen LogP contribution in [0.5, 0.6) is 0 Å². The Kier molecular flexibility index (Phi) is 2.65. The third kappa shape index (κ3) is 1.68. The predicted molar refractivity (Wildman–Crippen MR) is 42.4 cm³/mol. The number of nitrogens with zero attached hydrogens (tertiary/aromatic N) is 1. The molecule has 10 heavy (non-hydrogen) atoms. The third-order valence-electron chi connectivity index (χ3n) is 2.44. The van der Waals surface area contributed by atoms with Crippen LogP contribution in [0.4, 0.5) is 0 Å². The molecule has 1 saturated heterocycles. The normalized spacial score (nSPS) is 36.3. The second kappa shape index (κ2) is 3.32. The van der Waals surface area contributed by atoms with Crippen molar-refractivity contribution < 1.29 is 0 Å². The van der Waals surface area contributed by atoms with Gasteiger partial charge < -0.3 is 4.90 Å². The van der Waals surface area contributed by atoms with E-state index in [0.29, 0.717) is 12.1 Å². The summed E-state index contributed by atoms with van der Waals surface area (Å²) in [5, 5.41) is 0. The molecule has 3 nitrogen and oxygen atoms in total. The van der Waals surface area contributed by atoms with Gasteiger partial charge in [0.1, 0.15) is 0 Å². The number of hydrogen-bond acceptors (Lipinski definition) is 3. The van der Waals surface area contributed by atoms with Crippen molar-refractivity contribution in [3.05, 3.63) is 0 Å². The van der Waals surface area contributed by atoms with Crippen LogP contribution in [-0.4, -0.2) is 30.6 Å². The van der Waals surface area contributed by atoms with Crippen molar-refractivity contribution in [3.8, 4) is 0 Å². The molecule has 60 valence electrons. The molecule has 0 aromatic rings. The molecule has 1 aliphatic heterocycles. The van der Waals surface area contributed by atoms with E-state index in [1.165, 1.54) is 12.8 Å². The van der Waals surface area contributed by atoms with E-state index in [9.17, 15) is 0 Å². The highest BCUT2D eigenvalue weighted by atomic mass is 15.3.